The molecule has 0 aromatic heterocycles. The smallest absolute Gasteiger partial charge is 0.257 e. The maximum absolute atomic E-state index is 13.3. The lowest BCUT2D eigenvalue weighted by Gasteiger charge is -2.30. The van der Waals surface area contributed by atoms with Gasteiger partial charge in [-0.05, 0) is 43.2 Å². The first-order chi connectivity index (χ1) is 14.9. The van der Waals surface area contributed by atoms with Crippen LogP contribution in [-0.4, -0.2) is 62.7 Å². The first-order valence-electron chi connectivity index (χ1n) is 10.5. The molecule has 0 aliphatic carbocycles. The lowest BCUT2D eigenvalue weighted by molar-refractivity contribution is 0.0281. The highest BCUT2D eigenvalue weighted by Gasteiger charge is 2.25. The number of methoxy groups -OCH3 is 1. The van der Waals surface area contributed by atoms with Crippen molar-refractivity contribution in [1.82, 2.24) is 10.2 Å². The van der Waals surface area contributed by atoms with Crippen molar-refractivity contribution in [1.29, 1.82) is 0 Å². The Hall–Kier alpha value is -2.90. The monoisotopic (exact) mass is 425 g/mol. The highest BCUT2D eigenvalue weighted by atomic mass is 16.5. The molecular formula is C24H31N3O4. The Bertz CT molecular complexity index is 903. The molecule has 1 heterocycles. The van der Waals surface area contributed by atoms with E-state index in [2.05, 4.69) is 17.6 Å². The molecule has 0 bridgehead atoms. The van der Waals surface area contributed by atoms with Crippen molar-refractivity contribution >= 4 is 17.5 Å². The molecule has 0 saturated carbocycles. The standard InChI is InChI=1S/C24H31N3O4/c1-16-13-25-17(2)15-31-21-11-10-19(26-23(28)18-8-6-5-7-9-18)12-20(21)24(29)27(3)14-22(16)30-4/h5-12,16-17,22,25H,13-15H2,1-4H3,(H,26,28)/t16-,17-,22+/m0/s1. The molecule has 31 heavy (non-hydrogen) atoms. The number of rotatable bonds is 3. The van der Waals surface area contributed by atoms with E-state index in [9.17, 15) is 9.59 Å². The number of fused-ring (bicyclic) bond motifs is 1. The maximum Gasteiger partial charge on any atom is 0.257 e. The Morgan fingerprint density at radius 2 is 1.94 bits per heavy atom. The van der Waals surface area contributed by atoms with Gasteiger partial charge in [-0.25, -0.2) is 0 Å². The summed E-state index contributed by atoms with van der Waals surface area (Å²) in [5.74, 6) is 0.298. The van der Waals surface area contributed by atoms with Gasteiger partial charge in [0.05, 0.1) is 11.7 Å². The van der Waals surface area contributed by atoms with Crippen LogP contribution in [0.4, 0.5) is 5.69 Å². The molecule has 2 N–H and O–H groups in total. The Morgan fingerprint density at radius 1 is 1.19 bits per heavy atom. The highest BCUT2D eigenvalue weighted by molar-refractivity contribution is 6.05. The predicted molar refractivity (Wildman–Crippen MR) is 121 cm³/mol. The normalized spacial score (nSPS) is 22.5. The zero-order valence-electron chi connectivity index (χ0n) is 18.6. The van der Waals surface area contributed by atoms with Gasteiger partial charge in [0.25, 0.3) is 11.8 Å². The van der Waals surface area contributed by atoms with Gasteiger partial charge in [-0.1, -0.05) is 25.1 Å². The second kappa shape index (κ2) is 10.4. The average molecular weight is 426 g/mol. The van der Waals surface area contributed by atoms with Crippen LogP contribution >= 0.6 is 0 Å². The first kappa shape index (κ1) is 22.8. The number of anilines is 1. The van der Waals surface area contributed by atoms with Gasteiger partial charge in [-0.2, -0.15) is 0 Å². The third kappa shape index (κ3) is 5.83. The Labute approximate surface area is 183 Å². The SMILES string of the molecule is CO[C@@H]1CN(C)C(=O)c2cc(NC(=O)c3ccccc3)ccc2OC[C@H](C)NC[C@@H]1C. The lowest BCUT2D eigenvalue weighted by atomic mass is 10.0. The summed E-state index contributed by atoms with van der Waals surface area (Å²) in [6, 6.07) is 14.2. The van der Waals surface area contributed by atoms with E-state index in [1.807, 2.05) is 25.1 Å². The maximum atomic E-state index is 13.3. The van der Waals surface area contributed by atoms with Gasteiger partial charge in [0.1, 0.15) is 12.4 Å². The second-order valence-corrected chi connectivity index (χ2v) is 8.09. The van der Waals surface area contributed by atoms with E-state index < -0.39 is 0 Å². The minimum atomic E-state index is -0.235. The van der Waals surface area contributed by atoms with E-state index in [4.69, 9.17) is 9.47 Å². The lowest BCUT2D eigenvalue weighted by Crippen LogP contribution is -2.44. The third-order valence-corrected chi connectivity index (χ3v) is 5.52. The molecule has 2 amide bonds. The van der Waals surface area contributed by atoms with E-state index in [0.717, 1.165) is 6.54 Å². The molecule has 2 aromatic rings. The quantitative estimate of drug-likeness (QED) is 0.790. The Balaban J connectivity index is 1.88. The summed E-state index contributed by atoms with van der Waals surface area (Å²) in [5.41, 5.74) is 1.49. The fraction of sp³-hybridized carbons (Fsp3) is 0.417. The van der Waals surface area contributed by atoms with Crippen molar-refractivity contribution in [3.8, 4) is 5.75 Å². The first-order valence-corrected chi connectivity index (χ1v) is 10.5. The number of likely N-dealkylation sites (N-methyl/N-ethyl adjacent to an activating group) is 1. The molecule has 0 saturated heterocycles. The summed E-state index contributed by atoms with van der Waals surface area (Å²) in [6.45, 7) is 5.78. The summed E-state index contributed by atoms with van der Waals surface area (Å²) in [4.78, 5) is 27.4. The number of benzene rings is 2. The highest BCUT2D eigenvalue weighted by Crippen LogP contribution is 2.26. The number of carbonyl (C=O) groups excluding carboxylic acids is 2. The number of nitrogens with zero attached hydrogens (tertiary/aromatic N) is 1. The van der Waals surface area contributed by atoms with Crippen molar-refractivity contribution < 1.29 is 19.1 Å². The fourth-order valence-electron chi connectivity index (χ4n) is 3.53. The zero-order chi connectivity index (χ0) is 22.4. The van der Waals surface area contributed by atoms with E-state index in [0.29, 0.717) is 35.7 Å². The van der Waals surface area contributed by atoms with Gasteiger partial charge >= 0.3 is 0 Å². The summed E-state index contributed by atoms with van der Waals surface area (Å²) >= 11 is 0. The minimum absolute atomic E-state index is 0.0987. The van der Waals surface area contributed by atoms with Crippen molar-refractivity contribution in [3.63, 3.8) is 0 Å². The van der Waals surface area contributed by atoms with Gasteiger partial charge in [-0.3, -0.25) is 9.59 Å². The number of nitrogens with one attached hydrogen (secondary N) is 2. The van der Waals surface area contributed by atoms with E-state index in [1.165, 1.54) is 0 Å². The number of carbonyl (C=O) groups is 2. The molecule has 0 spiro atoms. The number of hydrogen-bond donors (Lipinski definition) is 2. The molecule has 7 nitrogen and oxygen atoms in total. The van der Waals surface area contributed by atoms with Gasteiger partial charge in [0, 0.05) is 44.5 Å². The number of hydrogen-bond acceptors (Lipinski definition) is 5. The second-order valence-electron chi connectivity index (χ2n) is 8.09. The topological polar surface area (TPSA) is 79.9 Å². The van der Waals surface area contributed by atoms with Crippen LogP contribution in [0.25, 0.3) is 0 Å². The zero-order valence-corrected chi connectivity index (χ0v) is 18.6. The summed E-state index contributed by atoms with van der Waals surface area (Å²) in [7, 11) is 3.42. The number of ether oxygens (including phenoxy) is 2. The summed E-state index contributed by atoms with van der Waals surface area (Å²) in [5, 5.41) is 6.33. The van der Waals surface area contributed by atoms with Crippen molar-refractivity contribution in [3.05, 3.63) is 59.7 Å². The van der Waals surface area contributed by atoms with Crippen molar-refractivity contribution in [2.45, 2.75) is 26.0 Å². The molecule has 166 valence electrons. The molecule has 3 atom stereocenters. The van der Waals surface area contributed by atoms with Crippen molar-refractivity contribution in [2.24, 2.45) is 5.92 Å². The van der Waals surface area contributed by atoms with E-state index in [-0.39, 0.29) is 29.9 Å². The van der Waals surface area contributed by atoms with Crippen LogP contribution in [0.2, 0.25) is 0 Å². The number of amides is 2. The van der Waals surface area contributed by atoms with Gasteiger partial charge < -0.3 is 25.0 Å². The van der Waals surface area contributed by atoms with Crippen molar-refractivity contribution in [2.75, 3.05) is 39.2 Å². The Kier molecular flexibility index (Phi) is 7.65. The van der Waals surface area contributed by atoms with Crippen LogP contribution in [0, 0.1) is 5.92 Å². The largest absolute Gasteiger partial charge is 0.491 e. The predicted octanol–water partition coefficient (Wildman–Crippen LogP) is 3.03. The van der Waals surface area contributed by atoms with Crippen LogP contribution in [0.3, 0.4) is 0 Å². The van der Waals surface area contributed by atoms with E-state index >= 15 is 0 Å². The molecule has 2 aromatic carbocycles. The summed E-state index contributed by atoms with van der Waals surface area (Å²) in [6.07, 6.45) is -0.0987. The van der Waals surface area contributed by atoms with Crippen LogP contribution in [0.5, 0.6) is 5.75 Å². The Morgan fingerprint density at radius 3 is 2.65 bits per heavy atom. The minimum Gasteiger partial charge on any atom is -0.491 e. The molecule has 0 fully saturated rings. The summed E-state index contributed by atoms with van der Waals surface area (Å²) < 4.78 is 11.6. The van der Waals surface area contributed by atoms with Crippen LogP contribution in [-0.2, 0) is 4.74 Å². The van der Waals surface area contributed by atoms with Crippen LogP contribution in [0.15, 0.2) is 48.5 Å². The van der Waals surface area contributed by atoms with Crippen LogP contribution < -0.4 is 15.4 Å². The molecule has 7 heteroatoms. The molecule has 0 unspecified atom stereocenters. The van der Waals surface area contributed by atoms with E-state index in [1.54, 1.807) is 49.4 Å². The van der Waals surface area contributed by atoms with Gasteiger partial charge in [0.2, 0.25) is 0 Å². The molecule has 1 aliphatic rings. The average Bonchev–Trinajstić information content (AvgIpc) is 2.79. The molecular weight excluding hydrogens is 394 g/mol. The van der Waals surface area contributed by atoms with Gasteiger partial charge in [-0.15, -0.1) is 0 Å². The van der Waals surface area contributed by atoms with Gasteiger partial charge in [0.15, 0.2) is 0 Å². The fourth-order valence-corrected chi connectivity index (χ4v) is 3.53. The molecule has 3 rings (SSSR count). The molecule has 0 radical (unpaired) electrons. The molecule has 1 aliphatic heterocycles. The van der Waals surface area contributed by atoms with Crippen LogP contribution in [0.1, 0.15) is 34.6 Å². The third-order valence-electron chi connectivity index (χ3n) is 5.52.